The molecule has 5 rings (SSSR count). The van der Waals surface area contributed by atoms with E-state index in [9.17, 15) is 47.9 Å². The van der Waals surface area contributed by atoms with E-state index in [1.165, 1.54) is 0 Å². The topological polar surface area (TPSA) is 145 Å². The Morgan fingerprint density at radius 1 is 0.882 bits per heavy atom. The molecular weight excluding hydrogens is 465 g/mol. The van der Waals surface area contributed by atoms with Crippen molar-refractivity contribution in [3.05, 3.63) is 35.4 Å². The van der Waals surface area contributed by atoms with Crippen molar-refractivity contribution in [2.24, 2.45) is 29.6 Å². The smallest absolute Gasteiger partial charge is 0.508 e. The molecule has 4 amide bonds. The van der Waals surface area contributed by atoms with Crippen molar-refractivity contribution < 1.29 is 52.6 Å². The summed E-state index contributed by atoms with van der Waals surface area (Å²) in [6.45, 7) is 0. The maximum atomic E-state index is 12.8. The first kappa shape index (κ1) is 22.3. The number of hydroxylamine groups is 4. The van der Waals surface area contributed by atoms with Crippen LogP contribution in [0, 0.1) is 29.6 Å². The predicted molar refractivity (Wildman–Crippen MR) is 99.6 cm³/mol. The van der Waals surface area contributed by atoms with Crippen molar-refractivity contribution >= 4 is 23.6 Å². The van der Waals surface area contributed by atoms with Crippen molar-refractivity contribution in [1.29, 1.82) is 0 Å². The van der Waals surface area contributed by atoms with E-state index < -0.39 is 77.0 Å². The number of carbonyl (C=O) groups excluding carboxylic acids is 4. The highest BCUT2D eigenvalue weighted by molar-refractivity contribution is 6.06. The van der Waals surface area contributed by atoms with Crippen LogP contribution in [0.15, 0.2) is 29.8 Å². The van der Waals surface area contributed by atoms with Crippen LogP contribution in [0.2, 0.25) is 0 Å². The number of benzene rings is 1. The maximum absolute atomic E-state index is 12.8. The second kappa shape index (κ2) is 7.27. The van der Waals surface area contributed by atoms with Crippen LogP contribution < -0.4 is 4.74 Å². The zero-order chi connectivity index (χ0) is 24.7. The number of carbonyl (C=O) groups is 4. The molecule has 3 fully saturated rings. The molecule has 6 unspecified atom stereocenters. The number of hydrogen-bond acceptors (Lipinski definition) is 8. The second-order valence-corrected chi connectivity index (χ2v) is 8.77. The molecule has 2 heterocycles. The van der Waals surface area contributed by atoms with E-state index in [2.05, 4.69) is 4.74 Å². The van der Waals surface area contributed by atoms with E-state index in [1.807, 2.05) is 0 Å². The standard InChI is InChI=1S/C21H17F3N2O8/c22-21(23,24)34-7-1-4-13(27)11(5-7)14-8-2-3-9-15(19(30)25(32)17(9)28)10(8)6-12-16(14)20(31)26(33)18(12)29/h1-2,4-5,9-10,12,14-16,27,32-33H,3,6H2. The summed E-state index contributed by atoms with van der Waals surface area (Å²) in [6.07, 6.45) is -3.60. The number of allylic oxidation sites excluding steroid dienone is 2. The number of alkyl halides is 3. The van der Waals surface area contributed by atoms with Crippen LogP contribution in [-0.4, -0.2) is 55.6 Å². The Labute approximate surface area is 188 Å². The van der Waals surface area contributed by atoms with Crippen LogP contribution >= 0.6 is 0 Å². The van der Waals surface area contributed by atoms with Gasteiger partial charge in [-0.05, 0) is 37.0 Å². The quantitative estimate of drug-likeness (QED) is 0.328. The van der Waals surface area contributed by atoms with E-state index >= 15 is 0 Å². The average Bonchev–Trinajstić information content (AvgIpc) is 3.13. The third kappa shape index (κ3) is 3.10. The molecule has 0 aromatic heterocycles. The SMILES string of the molecule is O=C1C2CC=C3C(CC4C(=O)N(O)C(=O)C4C3c3cc(OC(F)(F)F)ccc3O)C2C(=O)N1O. The minimum Gasteiger partial charge on any atom is -0.508 e. The highest BCUT2D eigenvalue weighted by Crippen LogP contribution is 2.58. The van der Waals surface area contributed by atoms with E-state index in [1.54, 1.807) is 6.08 Å². The van der Waals surface area contributed by atoms with Gasteiger partial charge in [-0.1, -0.05) is 11.6 Å². The number of aromatic hydroxyl groups is 1. The van der Waals surface area contributed by atoms with Crippen molar-refractivity contribution in [2.75, 3.05) is 0 Å². The number of phenolic OH excluding ortho intramolecular Hbond substituents is 1. The Kier molecular flexibility index (Phi) is 4.78. The number of imide groups is 2. The van der Waals surface area contributed by atoms with E-state index in [0.717, 1.165) is 18.2 Å². The van der Waals surface area contributed by atoms with Crippen molar-refractivity contribution in [3.63, 3.8) is 0 Å². The fraction of sp³-hybridized carbons (Fsp3) is 0.429. The third-order valence-electron chi connectivity index (χ3n) is 7.17. The van der Waals surface area contributed by atoms with Gasteiger partial charge in [0.15, 0.2) is 0 Å². The Morgan fingerprint density at radius 3 is 2.15 bits per heavy atom. The fourth-order valence-corrected chi connectivity index (χ4v) is 5.88. The lowest BCUT2D eigenvalue weighted by molar-refractivity contribution is -0.274. The summed E-state index contributed by atoms with van der Waals surface area (Å²) < 4.78 is 42.3. The molecule has 180 valence electrons. The Morgan fingerprint density at radius 2 is 1.50 bits per heavy atom. The van der Waals surface area contributed by atoms with Gasteiger partial charge in [0.05, 0.1) is 23.7 Å². The number of rotatable bonds is 2. The molecule has 0 radical (unpaired) electrons. The van der Waals surface area contributed by atoms with Crippen molar-refractivity contribution in [1.82, 2.24) is 10.1 Å². The number of ether oxygens (including phenoxy) is 1. The van der Waals surface area contributed by atoms with Crippen LogP contribution in [0.25, 0.3) is 0 Å². The first-order valence-electron chi connectivity index (χ1n) is 10.3. The zero-order valence-electron chi connectivity index (χ0n) is 17.1. The van der Waals surface area contributed by atoms with Gasteiger partial charge in [0.1, 0.15) is 11.5 Å². The number of fused-ring (bicyclic) bond motifs is 4. The van der Waals surface area contributed by atoms with Crippen molar-refractivity contribution in [2.45, 2.75) is 25.1 Å². The van der Waals surface area contributed by atoms with Gasteiger partial charge >= 0.3 is 6.36 Å². The molecule has 10 nitrogen and oxygen atoms in total. The first-order chi connectivity index (χ1) is 15.9. The Bertz CT molecular complexity index is 1170. The molecule has 0 bridgehead atoms. The summed E-state index contributed by atoms with van der Waals surface area (Å²) in [6, 6.07) is 2.70. The van der Waals surface area contributed by atoms with Crippen LogP contribution in [0.5, 0.6) is 11.5 Å². The van der Waals surface area contributed by atoms with Crippen LogP contribution in [-0.2, 0) is 19.2 Å². The first-order valence-corrected chi connectivity index (χ1v) is 10.3. The summed E-state index contributed by atoms with van der Waals surface area (Å²) in [4.78, 5) is 50.4. The Hall–Kier alpha value is -3.45. The molecule has 4 aliphatic rings. The highest BCUT2D eigenvalue weighted by Gasteiger charge is 2.62. The van der Waals surface area contributed by atoms with E-state index in [4.69, 9.17) is 0 Å². The van der Waals surface area contributed by atoms with Crippen LogP contribution in [0.1, 0.15) is 24.3 Å². The lowest BCUT2D eigenvalue weighted by Gasteiger charge is -2.43. The maximum Gasteiger partial charge on any atom is 0.573 e. The van der Waals surface area contributed by atoms with Gasteiger partial charge in [-0.25, -0.2) is 0 Å². The molecule has 2 aliphatic heterocycles. The number of halogens is 3. The lowest BCUT2D eigenvalue weighted by atomic mass is 9.57. The van der Waals surface area contributed by atoms with Gasteiger partial charge in [-0.2, -0.15) is 10.1 Å². The summed E-state index contributed by atoms with van der Waals surface area (Å²) in [5.41, 5.74) is 0.190. The molecule has 2 aliphatic carbocycles. The van der Waals surface area contributed by atoms with Gasteiger partial charge in [-0.3, -0.25) is 29.6 Å². The monoisotopic (exact) mass is 482 g/mol. The molecule has 1 aromatic rings. The number of phenols is 1. The van der Waals surface area contributed by atoms with Gasteiger partial charge in [-0.15, -0.1) is 13.2 Å². The van der Waals surface area contributed by atoms with Gasteiger partial charge in [0.2, 0.25) is 0 Å². The minimum absolute atomic E-state index is 0.00347. The summed E-state index contributed by atoms with van der Waals surface area (Å²) in [5.74, 6) is -11.3. The number of amides is 4. The molecule has 34 heavy (non-hydrogen) atoms. The molecular formula is C21H17F3N2O8. The largest absolute Gasteiger partial charge is 0.573 e. The minimum atomic E-state index is -5.04. The molecule has 0 spiro atoms. The van der Waals surface area contributed by atoms with E-state index in [0.29, 0.717) is 5.57 Å². The molecule has 3 N–H and O–H groups in total. The average molecular weight is 482 g/mol. The molecule has 6 atom stereocenters. The summed E-state index contributed by atoms with van der Waals surface area (Å²) >= 11 is 0. The zero-order valence-corrected chi connectivity index (χ0v) is 17.1. The fourth-order valence-electron chi connectivity index (χ4n) is 5.88. The lowest BCUT2D eigenvalue weighted by Crippen LogP contribution is -2.43. The summed E-state index contributed by atoms with van der Waals surface area (Å²) in [5, 5.41) is 30.3. The normalized spacial score (nSPS) is 33.0. The van der Waals surface area contributed by atoms with Crippen molar-refractivity contribution in [3.8, 4) is 11.5 Å². The Balaban J connectivity index is 1.66. The van der Waals surface area contributed by atoms with Crippen LogP contribution in [0.4, 0.5) is 13.2 Å². The molecule has 2 saturated heterocycles. The van der Waals surface area contributed by atoms with Gasteiger partial charge in [0.25, 0.3) is 23.6 Å². The highest BCUT2D eigenvalue weighted by atomic mass is 19.4. The van der Waals surface area contributed by atoms with Gasteiger partial charge < -0.3 is 9.84 Å². The number of hydrogen-bond donors (Lipinski definition) is 3. The van der Waals surface area contributed by atoms with Gasteiger partial charge in [0, 0.05) is 11.5 Å². The third-order valence-corrected chi connectivity index (χ3v) is 7.17. The predicted octanol–water partition coefficient (Wildman–Crippen LogP) is 1.71. The molecule has 1 aromatic carbocycles. The van der Waals surface area contributed by atoms with Crippen LogP contribution in [0.3, 0.4) is 0 Å². The molecule has 13 heteroatoms. The second-order valence-electron chi connectivity index (χ2n) is 8.77. The number of nitrogens with zero attached hydrogens (tertiary/aromatic N) is 2. The molecule has 1 saturated carbocycles. The van der Waals surface area contributed by atoms with E-state index in [-0.39, 0.29) is 28.5 Å². The summed E-state index contributed by atoms with van der Waals surface area (Å²) in [7, 11) is 0.